The molecule has 1 atom stereocenters. The quantitative estimate of drug-likeness (QED) is 0.687. The summed E-state index contributed by atoms with van der Waals surface area (Å²) in [6.07, 6.45) is -4.59. The summed E-state index contributed by atoms with van der Waals surface area (Å²) in [5.74, 6) is -1.43. The average Bonchev–Trinajstić information content (AvgIpc) is 2.91. The third-order valence-corrected chi connectivity index (χ3v) is 5.29. The summed E-state index contributed by atoms with van der Waals surface area (Å²) in [6, 6.07) is 9.22. The zero-order chi connectivity index (χ0) is 23.8. The monoisotopic (exact) mass is 448 g/mol. The Morgan fingerprint density at radius 1 is 1.12 bits per heavy atom. The highest BCUT2D eigenvalue weighted by Gasteiger charge is 2.49. The van der Waals surface area contributed by atoms with Crippen LogP contribution in [0.3, 0.4) is 0 Å². The highest BCUT2D eigenvalue weighted by atomic mass is 19.4. The number of urea groups is 1. The molecular formula is C22H23F3N4O3. The van der Waals surface area contributed by atoms with E-state index >= 15 is 0 Å². The van der Waals surface area contributed by atoms with Crippen LogP contribution in [0, 0.1) is 6.92 Å². The molecule has 1 aliphatic heterocycles. The number of benzene rings is 2. The summed E-state index contributed by atoms with van der Waals surface area (Å²) in [6.45, 7) is 2.77. The van der Waals surface area contributed by atoms with Gasteiger partial charge >= 0.3 is 12.2 Å². The summed E-state index contributed by atoms with van der Waals surface area (Å²) < 4.78 is 39.3. The van der Waals surface area contributed by atoms with E-state index in [1.807, 2.05) is 6.92 Å². The number of imide groups is 1. The molecule has 4 amide bonds. The Labute approximate surface area is 183 Å². The number of aryl methyl sites for hydroxylation is 1. The van der Waals surface area contributed by atoms with Gasteiger partial charge in [0.1, 0.15) is 12.1 Å². The third kappa shape index (κ3) is 4.39. The van der Waals surface area contributed by atoms with E-state index < -0.39 is 41.7 Å². The minimum Gasteiger partial charge on any atom is -0.376 e. The number of amides is 4. The number of anilines is 2. The first-order chi connectivity index (χ1) is 14.8. The Balaban J connectivity index is 1.81. The van der Waals surface area contributed by atoms with E-state index in [0.29, 0.717) is 11.3 Å². The van der Waals surface area contributed by atoms with Crippen LogP contribution in [0.25, 0.3) is 0 Å². The molecule has 2 aromatic rings. The van der Waals surface area contributed by atoms with Crippen molar-refractivity contribution in [1.82, 2.24) is 10.2 Å². The fraction of sp³-hybridized carbons (Fsp3) is 0.318. The molecule has 0 spiro atoms. The Hall–Kier alpha value is -3.56. The summed E-state index contributed by atoms with van der Waals surface area (Å²) in [7, 11) is 3.23. The fourth-order valence-electron chi connectivity index (χ4n) is 3.46. The van der Waals surface area contributed by atoms with E-state index in [2.05, 4.69) is 10.6 Å². The molecule has 2 aromatic carbocycles. The maximum Gasteiger partial charge on any atom is 0.416 e. The van der Waals surface area contributed by atoms with Crippen molar-refractivity contribution in [3.8, 4) is 0 Å². The lowest BCUT2D eigenvalue weighted by atomic mass is 9.91. The van der Waals surface area contributed by atoms with Crippen LogP contribution in [0.15, 0.2) is 42.5 Å². The number of rotatable bonds is 5. The van der Waals surface area contributed by atoms with Crippen molar-refractivity contribution in [3.05, 3.63) is 59.2 Å². The molecule has 0 bridgehead atoms. The Morgan fingerprint density at radius 2 is 1.75 bits per heavy atom. The topological polar surface area (TPSA) is 81.8 Å². The van der Waals surface area contributed by atoms with Gasteiger partial charge in [0.2, 0.25) is 5.91 Å². The molecule has 1 heterocycles. The summed E-state index contributed by atoms with van der Waals surface area (Å²) >= 11 is 0. The molecular weight excluding hydrogens is 425 g/mol. The number of nitrogens with one attached hydrogen (secondary N) is 2. The number of alkyl halides is 3. The number of hydrogen-bond donors (Lipinski definition) is 2. The summed E-state index contributed by atoms with van der Waals surface area (Å²) in [5.41, 5.74) is -0.493. The number of nitrogens with zero attached hydrogens (tertiary/aromatic N) is 2. The number of carbonyl (C=O) groups is 3. The van der Waals surface area contributed by atoms with Crippen LogP contribution in [0.4, 0.5) is 29.3 Å². The van der Waals surface area contributed by atoms with Crippen LogP contribution in [0.2, 0.25) is 0 Å². The van der Waals surface area contributed by atoms with E-state index in [1.165, 1.54) is 17.9 Å². The van der Waals surface area contributed by atoms with Crippen molar-refractivity contribution in [1.29, 1.82) is 0 Å². The molecule has 7 nitrogen and oxygen atoms in total. The lowest BCUT2D eigenvalue weighted by Crippen LogP contribution is -2.42. The SMILES string of the molecule is Cc1ccc(C2(C)NC(=O)N(CC(=O)Nc3cc(C(F)(F)F)ccc3N(C)C)C2=O)cc1. The zero-order valence-electron chi connectivity index (χ0n) is 18.0. The van der Waals surface area contributed by atoms with Gasteiger partial charge in [0, 0.05) is 14.1 Å². The minimum absolute atomic E-state index is 0.0804. The zero-order valence-corrected chi connectivity index (χ0v) is 18.0. The molecule has 0 radical (unpaired) electrons. The Kier molecular flexibility index (Phi) is 5.90. The van der Waals surface area contributed by atoms with Crippen LogP contribution in [0.5, 0.6) is 0 Å². The van der Waals surface area contributed by atoms with Crippen molar-refractivity contribution in [3.63, 3.8) is 0 Å². The van der Waals surface area contributed by atoms with Gasteiger partial charge in [-0.05, 0) is 37.6 Å². The number of halogens is 3. The minimum atomic E-state index is -4.59. The van der Waals surface area contributed by atoms with Crippen LogP contribution in [-0.2, 0) is 21.3 Å². The van der Waals surface area contributed by atoms with E-state index in [9.17, 15) is 27.6 Å². The Morgan fingerprint density at radius 3 is 2.31 bits per heavy atom. The molecule has 1 saturated heterocycles. The van der Waals surface area contributed by atoms with Crippen molar-refractivity contribution >= 4 is 29.2 Å². The molecule has 1 fully saturated rings. The van der Waals surface area contributed by atoms with Crippen molar-refractivity contribution in [2.75, 3.05) is 30.9 Å². The maximum absolute atomic E-state index is 13.1. The molecule has 1 unspecified atom stereocenters. The summed E-state index contributed by atoms with van der Waals surface area (Å²) in [5, 5.41) is 4.99. The van der Waals surface area contributed by atoms with Gasteiger partial charge in [-0.25, -0.2) is 4.79 Å². The van der Waals surface area contributed by atoms with Gasteiger partial charge in [0.25, 0.3) is 5.91 Å². The fourth-order valence-corrected chi connectivity index (χ4v) is 3.46. The second-order valence-electron chi connectivity index (χ2n) is 7.98. The predicted octanol–water partition coefficient (Wildman–Crippen LogP) is 3.49. The van der Waals surface area contributed by atoms with Crippen molar-refractivity contribution < 1.29 is 27.6 Å². The van der Waals surface area contributed by atoms with Crippen molar-refractivity contribution in [2.45, 2.75) is 25.6 Å². The molecule has 0 saturated carbocycles. The second kappa shape index (κ2) is 8.18. The first-order valence-electron chi connectivity index (χ1n) is 9.72. The van der Waals surface area contributed by atoms with E-state index in [0.717, 1.165) is 22.6 Å². The van der Waals surface area contributed by atoms with Gasteiger partial charge < -0.3 is 15.5 Å². The molecule has 1 aliphatic rings. The molecule has 32 heavy (non-hydrogen) atoms. The van der Waals surface area contributed by atoms with Crippen LogP contribution >= 0.6 is 0 Å². The van der Waals surface area contributed by atoms with E-state index in [4.69, 9.17) is 0 Å². The maximum atomic E-state index is 13.1. The highest BCUT2D eigenvalue weighted by Crippen LogP contribution is 2.35. The van der Waals surface area contributed by atoms with Crippen LogP contribution < -0.4 is 15.5 Å². The van der Waals surface area contributed by atoms with Crippen LogP contribution in [-0.4, -0.2) is 43.4 Å². The normalized spacial score (nSPS) is 18.5. The molecule has 2 N–H and O–H groups in total. The van der Waals surface area contributed by atoms with Gasteiger partial charge in [-0.1, -0.05) is 29.8 Å². The van der Waals surface area contributed by atoms with E-state index in [1.54, 1.807) is 38.4 Å². The smallest absolute Gasteiger partial charge is 0.376 e. The van der Waals surface area contributed by atoms with Gasteiger partial charge in [0.05, 0.1) is 16.9 Å². The van der Waals surface area contributed by atoms with E-state index in [-0.39, 0.29) is 5.69 Å². The number of hydrogen-bond acceptors (Lipinski definition) is 4. The van der Waals surface area contributed by atoms with Crippen molar-refractivity contribution in [2.24, 2.45) is 0 Å². The third-order valence-electron chi connectivity index (χ3n) is 5.29. The molecule has 170 valence electrons. The standard InChI is InChI=1S/C22H23F3N4O3/c1-13-5-7-14(8-6-13)21(2)19(31)29(20(32)27-21)12-18(30)26-16-11-15(22(23,24)25)9-10-17(16)28(3)4/h5-11H,12H2,1-4H3,(H,26,30)(H,27,32). The van der Waals surface area contributed by atoms with Gasteiger partial charge in [-0.2, -0.15) is 13.2 Å². The first kappa shape index (κ1) is 23.1. The molecule has 10 heteroatoms. The lowest BCUT2D eigenvalue weighted by Gasteiger charge is -2.23. The predicted molar refractivity (Wildman–Crippen MR) is 113 cm³/mol. The molecule has 0 aromatic heterocycles. The Bertz CT molecular complexity index is 1070. The average molecular weight is 448 g/mol. The highest BCUT2D eigenvalue weighted by molar-refractivity contribution is 6.10. The second-order valence-corrected chi connectivity index (χ2v) is 7.98. The largest absolute Gasteiger partial charge is 0.416 e. The van der Waals surface area contributed by atoms with Crippen LogP contribution in [0.1, 0.15) is 23.6 Å². The van der Waals surface area contributed by atoms with Gasteiger partial charge in [0.15, 0.2) is 0 Å². The lowest BCUT2D eigenvalue weighted by molar-refractivity contribution is -0.137. The van der Waals surface area contributed by atoms with Gasteiger partial charge in [-0.3, -0.25) is 14.5 Å². The number of carbonyl (C=O) groups excluding carboxylic acids is 3. The molecule has 0 aliphatic carbocycles. The first-order valence-corrected chi connectivity index (χ1v) is 9.72. The van der Waals surface area contributed by atoms with Gasteiger partial charge in [-0.15, -0.1) is 0 Å². The molecule has 3 rings (SSSR count). The summed E-state index contributed by atoms with van der Waals surface area (Å²) in [4.78, 5) is 40.3.